The first-order chi connectivity index (χ1) is 13.1. The largest absolute Gasteiger partial charge is 0.288 e. The highest BCUT2D eigenvalue weighted by molar-refractivity contribution is 6.96. The van der Waals surface area contributed by atoms with Crippen LogP contribution in [0.1, 0.15) is 21.5 Å². The Kier molecular flexibility index (Phi) is 4.39. The van der Waals surface area contributed by atoms with Crippen LogP contribution in [-0.2, 0) is 0 Å². The van der Waals surface area contributed by atoms with Crippen molar-refractivity contribution in [3.05, 3.63) is 107 Å². The molecule has 0 bridgehead atoms. The quantitative estimate of drug-likeness (QED) is 0.470. The fraction of sp³-hybridized carbons (Fsp3) is 0.0800. The molecule has 0 unspecified atom stereocenters. The SMILES string of the molecule is C[Si](C)(C#CC1=C(c2ccccc2)c2ccccc2C1=O)c1ccccc1. The van der Waals surface area contributed by atoms with Gasteiger partial charge in [-0.25, -0.2) is 0 Å². The molecule has 4 rings (SSSR count). The van der Waals surface area contributed by atoms with Crippen molar-refractivity contribution >= 4 is 24.6 Å². The van der Waals surface area contributed by atoms with Gasteiger partial charge in [-0.2, -0.15) is 0 Å². The molecule has 0 amide bonds. The van der Waals surface area contributed by atoms with E-state index in [9.17, 15) is 4.79 Å². The molecule has 0 N–H and O–H groups in total. The van der Waals surface area contributed by atoms with E-state index in [-0.39, 0.29) is 5.78 Å². The van der Waals surface area contributed by atoms with Gasteiger partial charge < -0.3 is 0 Å². The molecule has 27 heavy (non-hydrogen) atoms. The molecule has 3 aromatic rings. The normalized spacial score (nSPS) is 13.2. The zero-order valence-corrected chi connectivity index (χ0v) is 16.5. The summed E-state index contributed by atoms with van der Waals surface area (Å²) in [6, 6.07) is 28.3. The van der Waals surface area contributed by atoms with Gasteiger partial charge >= 0.3 is 0 Å². The molecule has 1 nitrogen and oxygen atoms in total. The Bertz CT molecular complexity index is 1100. The lowest BCUT2D eigenvalue weighted by molar-refractivity contribution is 0.104. The third-order valence-corrected chi connectivity index (χ3v) is 7.50. The maximum atomic E-state index is 13.1. The number of allylic oxidation sites excluding steroid dienone is 1. The van der Waals surface area contributed by atoms with Crippen LogP contribution in [0, 0.1) is 11.5 Å². The van der Waals surface area contributed by atoms with Gasteiger partial charge in [-0.15, -0.1) is 5.54 Å². The first kappa shape index (κ1) is 17.3. The van der Waals surface area contributed by atoms with E-state index in [0.29, 0.717) is 5.57 Å². The van der Waals surface area contributed by atoms with Crippen molar-refractivity contribution < 1.29 is 4.79 Å². The number of benzene rings is 3. The van der Waals surface area contributed by atoms with E-state index < -0.39 is 8.07 Å². The molecule has 0 aliphatic heterocycles. The summed E-state index contributed by atoms with van der Waals surface area (Å²) >= 11 is 0. The highest BCUT2D eigenvalue weighted by Gasteiger charge is 2.29. The van der Waals surface area contributed by atoms with Gasteiger partial charge in [0, 0.05) is 11.1 Å². The smallest absolute Gasteiger partial charge is 0.202 e. The molecular weight excluding hydrogens is 344 g/mol. The van der Waals surface area contributed by atoms with Crippen LogP contribution in [0.15, 0.2) is 90.5 Å². The summed E-state index contributed by atoms with van der Waals surface area (Å²) in [4.78, 5) is 13.1. The summed E-state index contributed by atoms with van der Waals surface area (Å²) in [5, 5.41) is 1.28. The molecule has 0 radical (unpaired) electrons. The minimum Gasteiger partial charge on any atom is -0.288 e. The number of hydrogen-bond acceptors (Lipinski definition) is 1. The van der Waals surface area contributed by atoms with Crippen molar-refractivity contribution in [1.82, 2.24) is 0 Å². The Hall–Kier alpha value is -3.15. The van der Waals surface area contributed by atoms with Crippen LogP contribution >= 0.6 is 0 Å². The summed E-state index contributed by atoms with van der Waals surface area (Å²) in [7, 11) is -1.96. The number of ketones is 1. The van der Waals surface area contributed by atoms with Crippen LogP contribution < -0.4 is 5.19 Å². The summed E-state index contributed by atoms with van der Waals surface area (Å²) in [5.74, 6) is 3.34. The second kappa shape index (κ2) is 6.87. The Morgan fingerprint density at radius 2 is 1.26 bits per heavy atom. The zero-order chi connectivity index (χ0) is 18.9. The summed E-state index contributed by atoms with van der Waals surface area (Å²) in [6.45, 7) is 4.45. The van der Waals surface area contributed by atoms with E-state index in [2.05, 4.69) is 48.8 Å². The van der Waals surface area contributed by atoms with Gasteiger partial charge in [0.1, 0.15) is 0 Å². The predicted molar refractivity (Wildman–Crippen MR) is 115 cm³/mol. The van der Waals surface area contributed by atoms with Crippen LogP contribution in [0.25, 0.3) is 5.57 Å². The summed E-state index contributed by atoms with van der Waals surface area (Å²) < 4.78 is 0. The number of fused-ring (bicyclic) bond motifs is 1. The van der Waals surface area contributed by atoms with E-state index in [1.54, 1.807) is 0 Å². The van der Waals surface area contributed by atoms with Gasteiger partial charge in [-0.3, -0.25) is 4.79 Å². The molecule has 1 aliphatic carbocycles. The molecule has 0 saturated carbocycles. The fourth-order valence-electron chi connectivity index (χ4n) is 3.45. The Morgan fingerprint density at radius 1 is 0.704 bits per heavy atom. The first-order valence-corrected chi connectivity index (χ1v) is 12.1. The van der Waals surface area contributed by atoms with Crippen molar-refractivity contribution in [2.45, 2.75) is 13.1 Å². The van der Waals surface area contributed by atoms with Gasteiger partial charge in [0.15, 0.2) is 8.07 Å². The topological polar surface area (TPSA) is 17.1 Å². The number of carbonyl (C=O) groups excluding carboxylic acids is 1. The molecule has 2 heteroatoms. The number of rotatable bonds is 2. The first-order valence-electron chi connectivity index (χ1n) is 9.10. The van der Waals surface area contributed by atoms with E-state index in [0.717, 1.165) is 22.3 Å². The van der Waals surface area contributed by atoms with Crippen molar-refractivity contribution in [1.29, 1.82) is 0 Å². The maximum Gasteiger partial charge on any atom is 0.202 e. The maximum absolute atomic E-state index is 13.1. The molecular formula is C25H20OSi. The van der Waals surface area contributed by atoms with Gasteiger partial charge in [0.2, 0.25) is 5.78 Å². The highest BCUT2D eigenvalue weighted by atomic mass is 28.3. The Labute approximate surface area is 161 Å². The lowest BCUT2D eigenvalue weighted by atomic mass is 9.98. The Morgan fingerprint density at radius 3 is 1.93 bits per heavy atom. The second-order valence-corrected chi connectivity index (χ2v) is 11.3. The lowest BCUT2D eigenvalue weighted by Crippen LogP contribution is -2.40. The van der Waals surface area contributed by atoms with E-state index in [4.69, 9.17) is 0 Å². The number of hydrogen-bond donors (Lipinski definition) is 0. The molecule has 3 aromatic carbocycles. The van der Waals surface area contributed by atoms with Crippen molar-refractivity contribution in [3.63, 3.8) is 0 Å². The number of Topliss-reactive ketones (excluding diaryl/α,β-unsaturated/α-hetero) is 1. The van der Waals surface area contributed by atoms with Crippen LogP contribution in [0.2, 0.25) is 13.1 Å². The monoisotopic (exact) mass is 364 g/mol. The molecule has 130 valence electrons. The molecule has 0 aromatic heterocycles. The van der Waals surface area contributed by atoms with Gasteiger partial charge in [0.05, 0.1) is 5.57 Å². The van der Waals surface area contributed by atoms with Crippen LogP contribution in [0.3, 0.4) is 0 Å². The molecule has 0 heterocycles. The average Bonchev–Trinajstić information content (AvgIpc) is 3.00. The van der Waals surface area contributed by atoms with Crippen LogP contribution in [-0.4, -0.2) is 13.9 Å². The molecule has 0 fully saturated rings. The minimum absolute atomic E-state index is 0.0369. The third kappa shape index (κ3) is 3.18. The molecule has 0 atom stereocenters. The lowest BCUT2D eigenvalue weighted by Gasteiger charge is -2.15. The average molecular weight is 365 g/mol. The molecule has 0 spiro atoms. The second-order valence-electron chi connectivity index (χ2n) is 7.23. The summed E-state index contributed by atoms with van der Waals surface area (Å²) in [6.07, 6.45) is 0. The molecule has 1 aliphatic rings. The summed E-state index contributed by atoms with van der Waals surface area (Å²) in [5.41, 5.74) is 7.85. The van der Waals surface area contributed by atoms with Crippen molar-refractivity contribution in [2.75, 3.05) is 0 Å². The van der Waals surface area contributed by atoms with Crippen molar-refractivity contribution in [3.8, 4) is 11.5 Å². The third-order valence-electron chi connectivity index (χ3n) is 4.98. The van der Waals surface area contributed by atoms with Gasteiger partial charge in [0.25, 0.3) is 0 Å². The standard InChI is InChI=1S/C25H20OSi/c1-27(2,20-13-7-4-8-14-20)18-17-23-24(19-11-5-3-6-12-19)21-15-9-10-16-22(21)25(23)26/h3-16H,1-2H3. The molecule has 0 saturated heterocycles. The minimum atomic E-state index is -1.96. The van der Waals surface area contributed by atoms with E-state index in [1.165, 1.54) is 5.19 Å². The zero-order valence-electron chi connectivity index (χ0n) is 15.5. The fourth-order valence-corrected chi connectivity index (χ4v) is 5.06. The van der Waals surface area contributed by atoms with Gasteiger partial charge in [-0.1, -0.05) is 104 Å². The number of carbonyl (C=O) groups is 1. The van der Waals surface area contributed by atoms with Gasteiger partial charge in [-0.05, 0) is 16.3 Å². The van der Waals surface area contributed by atoms with Crippen LogP contribution in [0.5, 0.6) is 0 Å². The highest BCUT2D eigenvalue weighted by Crippen LogP contribution is 2.37. The van der Waals surface area contributed by atoms with Crippen molar-refractivity contribution in [2.24, 2.45) is 0 Å². The van der Waals surface area contributed by atoms with Crippen LogP contribution in [0.4, 0.5) is 0 Å². The Balaban J connectivity index is 1.87. The predicted octanol–water partition coefficient (Wildman–Crippen LogP) is 4.84. The van der Waals surface area contributed by atoms with E-state index >= 15 is 0 Å². The van der Waals surface area contributed by atoms with E-state index in [1.807, 2.05) is 60.7 Å².